The van der Waals surface area contributed by atoms with Crippen molar-refractivity contribution in [2.75, 3.05) is 20.1 Å². The summed E-state index contributed by atoms with van der Waals surface area (Å²) in [5, 5.41) is 8.62. The van der Waals surface area contributed by atoms with Gasteiger partial charge in [-0.3, -0.25) is 9.69 Å². The first-order valence-corrected chi connectivity index (χ1v) is 6.43. The molecule has 0 radical (unpaired) electrons. The molecule has 2 heterocycles. The molecule has 104 valence electrons. The molecule has 0 saturated carbocycles. The number of carboxylic acid groups (broad SMARTS) is 1. The lowest BCUT2D eigenvalue weighted by molar-refractivity contribution is -0.131. The Bertz CT molecular complexity index is 614. The van der Waals surface area contributed by atoms with Gasteiger partial charge in [-0.2, -0.15) is 0 Å². The van der Waals surface area contributed by atoms with Crippen LogP contribution in [0.25, 0.3) is 6.08 Å². The SMILES string of the molecule is CN1CC2(CC(=O)c3cc(/C=C/C(=O)O)ccc3O2)C1. The molecule has 1 N–H and O–H groups in total. The summed E-state index contributed by atoms with van der Waals surface area (Å²) in [7, 11) is 1.99. The molecule has 0 atom stereocenters. The fraction of sp³-hybridized carbons (Fsp3) is 0.333. The fourth-order valence-electron chi connectivity index (χ4n) is 2.90. The number of likely N-dealkylation sites (tertiary alicyclic amines) is 1. The second-order valence-electron chi connectivity index (χ2n) is 5.48. The summed E-state index contributed by atoms with van der Waals surface area (Å²) in [4.78, 5) is 24.9. The Morgan fingerprint density at radius 3 is 2.85 bits per heavy atom. The van der Waals surface area contributed by atoms with E-state index in [1.165, 1.54) is 6.08 Å². The number of carbonyl (C=O) groups excluding carboxylic acids is 1. The average Bonchev–Trinajstić information content (AvgIpc) is 2.35. The van der Waals surface area contributed by atoms with E-state index >= 15 is 0 Å². The highest BCUT2D eigenvalue weighted by Crippen LogP contribution is 2.38. The highest BCUT2D eigenvalue weighted by atomic mass is 16.5. The molecule has 3 rings (SSSR count). The number of hydrogen-bond donors (Lipinski definition) is 1. The highest BCUT2D eigenvalue weighted by Gasteiger charge is 2.48. The van der Waals surface area contributed by atoms with Gasteiger partial charge in [-0.05, 0) is 30.8 Å². The monoisotopic (exact) mass is 273 g/mol. The van der Waals surface area contributed by atoms with E-state index in [1.807, 2.05) is 7.05 Å². The number of carbonyl (C=O) groups is 2. The van der Waals surface area contributed by atoms with E-state index in [0.717, 1.165) is 19.2 Å². The molecule has 5 heteroatoms. The number of likely N-dealkylation sites (N-methyl/N-ethyl adjacent to an activating group) is 1. The zero-order valence-electron chi connectivity index (χ0n) is 11.1. The average molecular weight is 273 g/mol. The Hall–Kier alpha value is -2.14. The van der Waals surface area contributed by atoms with Gasteiger partial charge in [0.15, 0.2) is 5.78 Å². The maximum Gasteiger partial charge on any atom is 0.328 e. The van der Waals surface area contributed by atoms with Crippen LogP contribution >= 0.6 is 0 Å². The molecule has 20 heavy (non-hydrogen) atoms. The van der Waals surface area contributed by atoms with Gasteiger partial charge in [-0.15, -0.1) is 0 Å². The predicted octanol–water partition coefficient (Wildman–Crippen LogP) is 1.43. The summed E-state index contributed by atoms with van der Waals surface area (Å²) < 4.78 is 5.97. The number of nitrogens with zero attached hydrogens (tertiary/aromatic N) is 1. The molecule has 1 spiro atoms. The molecule has 1 aromatic carbocycles. The lowest BCUT2D eigenvalue weighted by Crippen LogP contribution is -2.65. The van der Waals surface area contributed by atoms with Gasteiger partial charge < -0.3 is 9.84 Å². The van der Waals surface area contributed by atoms with Crippen LogP contribution in [-0.2, 0) is 4.79 Å². The van der Waals surface area contributed by atoms with Crippen LogP contribution in [0.4, 0.5) is 0 Å². The van der Waals surface area contributed by atoms with E-state index in [-0.39, 0.29) is 11.4 Å². The van der Waals surface area contributed by atoms with Crippen molar-refractivity contribution in [3.63, 3.8) is 0 Å². The number of rotatable bonds is 2. The second kappa shape index (κ2) is 4.45. The first-order chi connectivity index (χ1) is 9.47. The van der Waals surface area contributed by atoms with Crippen molar-refractivity contribution in [3.05, 3.63) is 35.4 Å². The summed E-state index contributed by atoms with van der Waals surface area (Å²) in [6, 6.07) is 5.19. The number of fused-ring (bicyclic) bond motifs is 1. The van der Waals surface area contributed by atoms with Gasteiger partial charge in [0.2, 0.25) is 0 Å². The van der Waals surface area contributed by atoms with Gasteiger partial charge in [0.1, 0.15) is 11.4 Å². The fourth-order valence-corrected chi connectivity index (χ4v) is 2.90. The lowest BCUT2D eigenvalue weighted by atomic mass is 9.84. The van der Waals surface area contributed by atoms with E-state index in [4.69, 9.17) is 9.84 Å². The van der Waals surface area contributed by atoms with Crippen molar-refractivity contribution in [2.45, 2.75) is 12.0 Å². The van der Waals surface area contributed by atoms with Crippen molar-refractivity contribution in [3.8, 4) is 5.75 Å². The molecule has 0 amide bonds. The predicted molar refractivity (Wildman–Crippen MR) is 72.9 cm³/mol. The third-order valence-electron chi connectivity index (χ3n) is 3.65. The largest absolute Gasteiger partial charge is 0.483 e. The normalized spacial score (nSPS) is 20.6. The number of hydrogen-bond acceptors (Lipinski definition) is 4. The maximum atomic E-state index is 12.3. The molecule has 0 aliphatic carbocycles. The van der Waals surface area contributed by atoms with Crippen LogP contribution in [0.15, 0.2) is 24.3 Å². The van der Waals surface area contributed by atoms with Crippen LogP contribution in [0.2, 0.25) is 0 Å². The third kappa shape index (κ3) is 2.20. The van der Waals surface area contributed by atoms with Gasteiger partial charge in [0, 0.05) is 19.2 Å². The van der Waals surface area contributed by atoms with Gasteiger partial charge >= 0.3 is 5.97 Å². The molecule has 2 aliphatic rings. The molecular weight excluding hydrogens is 258 g/mol. The highest BCUT2D eigenvalue weighted by molar-refractivity contribution is 6.01. The van der Waals surface area contributed by atoms with E-state index < -0.39 is 5.97 Å². The first-order valence-electron chi connectivity index (χ1n) is 6.43. The van der Waals surface area contributed by atoms with Crippen LogP contribution in [0.5, 0.6) is 5.75 Å². The number of Topliss-reactive ketones (excluding diaryl/α,β-unsaturated/α-hetero) is 1. The zero-order valence-corrected chi connectivity index (χ0v) is 11.1. The minimum Gasteiger partial charge on any atom is -0.483 e. The minimum atomic E-state index is -1.01. The summed E-state index contributed by atoms with van der Waals surface area (Å²) in [6.07, 6.45) is 2.91. The van der Waals surface area contributed by atoms with Crippen molar-refractivity contribution in [1.29, 1.82) is 0 Å². The second-order valence-corrected chi connectivity index (χ2v) is 5.48. The summed E-state index contributed by atoms with van der Waals surface area (Å²) in [5.41, 5.74) is 0.861. The van der Waals surface area contributed by atoms with Crippen molar-refractivity contribution in [1.82, 2.24) is 4.90 Å². The van der Waals surface area contributed by atoms with Gasteiger partial charge in [-0.25, -0.2) is 4.79 Å². The van der Waals surface area contributed by atoms with Crippen LogP contribution < -0.4 is 4.74 Å². The molecule has 1 aromatic rings. The van der Waals surface area contributed by atoms with Crippen LogP contribution in [0.1, 0.15) is 22.3 Å². The third-order valence-corrected chi connectivity index (χ3v) is 3.65. The van der Waals surface area contributed by atoms with Crippen molar-refractivity contribution >= 4 is 17.8 Å². The lowest BCUT2D eigenvalue weighted by Gasteiger charge is -2.49. The summed E-state index contributed by atoms with van der Waals surface area (Å²) >= 11 is 0. The number of ketones is 1. The maximum absolute atomic E-state index is 12.3. The molecule has 0 bridgehead atoms. The summed E-state index contributed by atoms with van der Waals surface area (Å²) in [6.45, 7) is 1.53. The van der Waals surface area contributed by atoms with Crippen molar-refractivity contribution in [2.24, 2.45) is 0 Å². The molecular formula is C15H15NO4. The standard InChI is InChI=1S/C15H15NO4/c1-16-8-15(9-16)7-12(17)11-6-10(3-5-14(18)19)2-4-13(11)20-15/h2-6H,7-9H2,1H3,(H,18,19)/b5-3+. The Balaban J connectivity index is 1.88. The van der Waals surface area contributed by atoms with Crippen LogP contribution in [-0.4, -0.2) is 47.5 Å². The smallest absolute Gasteiger partial charge is 0.328 e. The zero-order chi connectivity index (χ0) is 14.3. The van der Waals surface area contributed by atoms with E-state index in [2.05, 4.69) is 4.90 Å². The van der Waals surface area contributed by atoms with E-state index in [9.17, 15) is 9.59 Å². The first kappa shape index (κ1) is 12.9. The number of ether oxygens (including phenoxy) is 1. The molecule has 5 nitrogen and oxygen atoms in total. The van der Waals surface area contributed by atoms with Gasteiger partial charge in [0.05, 0.1) is 12.0 Å². The molecule has 0 unspecified atom stereocenters. The van der Waals surface area contributed by atoms with Crippen LogP contribution in [0, 0.1) is 0 Å². The van der Waals surface area contributed by atoms with Gasteiger partial charge in [0.25, 0.3) is 0 Å². The number of carboxylic acids is 1. The molecule has 2 aliphatic heterocycles. The number of aliphatic carboxylic acids is 1. The Labute approximate surface area is 116 Å². The molecule has 1 saturated heterocycles. The minimum absolute atomic E-state index is 0.0601. The quantitative estimate of drug-likeness (QED) is 0.826. The van der Waals surface area contributed by atoms with Gasteiger partial charge in [-0.1, -0.05) is 6.07 Å². The van der Waals surface area contributed by atoms with E-state index in [1.54, 1.807) is 18.2 Å². The Morgan fingerprint density at radius 1 is 1.45 bits per heavy atom. The Kier molecular flexibility index (Phi) is 2.87. The molecule has 0 aromatic heterocycles. The van der Waals surface area contributed by atoms with Crippen LogP contribution in [0.3, 0.4) is 0 Å². The Morgan fingerprint density at radius 2 is 2.20 bits per heavy atom. The van der Waals surface area contributed by atoms with E-state index in [0.29, 0.717) is 23.3 Å². The van der Waals surface area contributed by atoms with Crippen molar-refractivity contribution < 1.29 is 19.4 Å². The summed E-state index contributed by atoms with van der Waals surface area (Å²) in [5.74, 6) is -0.353. The number of benzene rings is 1. The molecule has 1 fully saturated rings. The topological polar surface area (TPSA) is 66.8 Å².